The van der Waals surface area contributed by atoms with Gasteiger partial charge in [0.05, 0.1) is 5.69 Å². The first-order chi connectivity index (χ1) is 50.1. The normalized spacial score (nSPS) is 11.5. The van der Waals surface area contributed by atoms with Crippen molar-refractivity contribution in [3.63, 3.8) is 0 Å². The van der Waals surface area contributed by atoms with Gasteiger partial charge in [0.25, 0.3) is 0 Å². The maximum absolute atomic E-state index is 2.38. The molecule has 496 valence electrons. The summed E-state index contributed by atoms with van der Waals surface area (Å²) in [5, 5.41) is 0. The zero-order chi connectivity index (χ0) is 69.6. The Morgan fingerprint density at radius 2 is 0.441 bits per heavy atom. The zero-order valence-corrected chi connectivity index (χ0v) is 58.4. The van der Waals surface area contributed by atoms with Gasteiger partial charge in [-0.25, -0.2) is 0 Å². The summed E-state index contributed by atoms with van der Waals surface area (Å²) < 4.78 is 0. The third-order valence-corrected chi connectivity index (χ3v) is 19.2. The van der Waals surface area contributed by atoms with Crippen molar-refractivity contribution in [2.75, 3.05) is 50.5 Å². The van der Waals surface area contributed by atoms with Gasteiger partial charge in [-0.3, -0.25) is 0 Å². The molecule has 1 aliphatic rings. The van der Waals surface area contributed by atoms with Gasteiger partial charge in [-0.15, -0.1) is 0 Å². The van der Waals surface area contributed by atoms with Gasteiger partial charge in [0.2, 0.25) is 0 Å². The number of fused-ring (bicyclic) bond motifs is 3. The predicted molar refractivity (Wildman–Crippen MR) is 435 cm³/mol. The first kappa shape index (κ1) is 66.3. The van der Waals surface area contributed by atoms with E-state index in [0.29, 0.717) is 0 Å². The lowest BCUT2D eigenvalue weighted by Gasteiger charge is -2.28. The first-order valence-electron chi connectivity index (χ1n) is 34.9. The molecule has 0 N–H and O–H groups in total. The number of rotatable bonds is 17. The van der Waals surface area contributed by atoms with Crippen molar-refractivity contribution in [1.82, 2.24) is 0 Å². The van der Waals surface area contributed by atoms with Gasteiger partial charge >= 0.3 is 0 Å². The second-order valence-electron chi connectivity index (χ2n) is 25.9. The number of para-hydroxylation sites is 7. The molecular formula is C96H82N6. The molecule has 0 amide bonds. The minimum atomic E-state index is -0.0352. The van der Waals surface area contributed by atoms with Crippen molar-refractivity contribution < 1.29 is 0 Å². The van der Waals surface area contributed by atoms with E-state index in [0.717, 1.165) is 62.6 Å². The molecular weight excluding hydrogens is 1240 g/mol. The van der Waals surface area contributed by atoms with E-state index in [1.165, 1.54) is 67.3 Å². The van der Waals surface area contributed by atoms with E-state index in [4.69, 9.17) is 0 Å². The van der Waals surface area contributed by atoms with Crippen LogP contribution in [0.2, 0.25) is 0 Å². The fraction of sp³-hybridized carbons (Fsp3) is 0.0625. The Morgan fingerprint density at radius 1 is 0.176 bits per heavy atom. The highest BCUT2D eigenvalue weighted by Gasteiger charge is 2.36. The molecule has 0 aliphatic heterocycles. The molecule has 0 radical (unpaired) electrons. The summed E-state index contributed by atoms with van der Waals surface area (Å²) in [4.78, 5) is 13.6. The summed E-state index contributed by atoms with van der Waals surface area (Å²) in [7, 11) is 6.31. The van der Waals surface area contributed by atoms with Crippen LogP contribution in [0.15, 0.2) is 406 Å². The third kappa shape index (κ3) is 14.6. The fourth-order valence-electron chi connectivity index (χ4n) is 13.7. The molecule has 16 rings (SSSR count). The van der Waals surface area contributed by atoms with E-state index >= 15 is 0 Å². The molecule has 0 fully saturated rings. The van der Waals surface area contributed by atoms with Gasteiger partial charge in [0.1, 0.15) is 0 Å². The molecule has 6 heteroatoms. The van der Waals surface area contributed by atoms with Crippen molar-refractivity contribution in [2.45, 2.75) is 19.3 Å². The van der Waals surface area contributed by atoms with Crippen LogP contribution in [-0.2, 0) is 5.41 Å². The van der Waals surface area contributed by atoms with Gasteiger partial charge in [-0.2, -0.15) is 0 Å². The van der Waals surface area contributed by atoms with Crippen LogP contribution in [0, 0.1) is 0 Å². The Bertz CT molecular complexity index is 5140. The summed E-state index contributed by atoms with van der Waals surface area (Å²) >= 11 is 0. The lowest BCUT2D eigenvalue weighted by Crippen LogP contribution is -2.16. The largest absolute Gasteiger partial charge is 0.345 e. The predicted octanol–water partition coefficient (Wildman–Crippen LogP) is 26.4. The maximum atomic E-state index is 2.38. The lowest BCUT2D eigenvalue weighted by atomic mass is 9.82. The van der Waals surface area contributed by atoms with Crippen molar-refractivity contribution >= 4 is 85.3 Å². The summed E-state index contributed by atoms with van der Waals surface area (Å²) in [6.45, 7) is 4.67. The summed E-state index contributed by atoms with van der Waals surface area (Å²) in [6.07, 6.45) is 0. The van der Waals surface area contributed by atoms with Crippen molar-refractivity contribution in [2.24, 2.45) is 0 Å². The Kier molecular flexibility index (Phi) is 20.1. The molecule has 15 aromatic carbocycles. The highest BCUT2D eigenvalue weighted by atomic mass is 15.2. The molecule has 6 nitrogen and oxygen atoms in total. The van der Waals surface area contributed by atoms with Gasteiger partial charge < -0.3 is 29.4 Å². The van der Waals surface area contributed by atoms with E-state index in [-0.39, 0.29) is 5.41 Å². The van der Waals surface area contributed by atoms with E-state index in [1.807, 2.05) is 12.1 Å². The standard InChI is InChI=1S/C34H30N2.2C31H26N2/c1-34(2)32-17-11-10-16-30(32)31-23-22-29(24-33(31)34)36(27-14-8-5-9-15-27)28-20-18-26(19-21-28)35(3)25-12-6-4-7-13-25;1-32(26-15-7-3-8-16-26)27-21-23-29(24-22-27)33(28-17-9-4-10-18-28)31-20-12-11-19-30(31)25-13-5-2-6-14-25;1-32(27-15-7-3-8-16-27)28-20-22-30(23-21-28)33(29-17-9-4-10-18-29)31-19-11-14-26(24-31)25-12-5-2-6-13-25/h4-24H,1-3H3;2*2-24H,1H3. The highest BCUT2D eigenvalue weighted by Crippen LogP contribution is 2.51. The van der Waals surface area contributed by atoms with Crippen LogP contribution in [0.4, 0.5) is 85.3 Å². The molecule has 0 unspecified atom stereocenters. The van der Waals surface area contributed by atoms with Crippen molar-refractivity contribution in [3.8, 4) is 33.4 Å². The summed E-state index contributed by atoms with van der Waals surface area (Å²) in [6, 6.07) is 144. The molecule has 0 aromatic heterocycles. The molecule has 0 spiro atoms. The third-order valence-electron chi connectivity index (χ3n) is 19.2. The number of hydrogen-bond acceptors (Lipinski definition) is 6. The SMILES string of the molecule is CN(c1ccccc1)c1ccc(N(c2ccccc2)c2ccc3c(c2)C(C)(C)c2ccccc2-3)cc1.CN(c1ccccc1)c1ccc(N(c2ccccc2)c2cccc(-c3ccccc3)c2)cc1.CN(c1ccccc1)c1ccc(N(c2ccccc2)c2ccccc2-c2ccccc2)cc1. The molecule has 0 heterocycles. The van der Waals surface area contributed by atoms with E-state index in [1.54, 1.807) is 0 Å². The molecule has 1 aliphatic carbocycles. The number of anilines is 15. The smallest absolute Gasteiger partial charge is 0.0540 e. The van der Waals surface area contributed by atoms with Crippen molar-refractivity contribution in [3.05, 3.63) is 418 Å². The molecule has 0 atom stereocenters. The van der Waals surface area contributed by atoms with Crippen LogP contribution in [0.25, 0.3) is 33.4 Å². The van der Waals surface area contributed by atoms with Gasteiger partial charge in [-0.1, -0.05) is 244 Å². The minimum Gasteiger partial charge on any atom is -0.345 e. The zero-order valence-electron chi connectivity index (χ0n) is 58.4. The van der Waals surface area contributed by atoms with Crippen LogP contribution < -0.4 is 29.4 Å². The van der Waals surface area contributed by atoms with Gasteiger partial charge in [0.15, 0.2) is 0 Å². The highest BCUT2D eigenvalue weighted by molar-refractivity contribution is 5.90. The van der Waals surface area contributed by atoms with E-state index in [9.17, 15) is 0 Å². The topological polar surface area (TPSA) is 19.4 Å². The first-order valence-corrected chi connectivity index (χ1v) is 34.9. The van der Waals surface area contributed by atoms with E-state index < -0.39 is 0 Å². The molecule has 0 saturated carbocycles. The van der Waals surface area contributed by atoms with Gasteiger partial charge in [-0.05, 0) is 215 Å². The van der Waals surface area contributed by atoms with Crippen LogP contribution in [0.1, 0.15) is 25.0 Å². The minimum absolute atomic E-state index is 0.0352. The molecule has 102 heavy (non-hydrogen) atoms. The average Bonchev–Trinajstić information content (AvgIpc) is 1.55. The average molecular weight is 1320 g/mol. The van der Waals surface area contributed by atoms with Crippen LogP contribution in [0.5, 0.6) is 0 Å². The number of benzene rings is 15. The second kappa shape index (κ2) is 30.9. The molecule has 15 aromatic rings. The number of hydrogen-bond donors (Lipinski definition) is 0. The Balaban J connectivity index is 0.000000130. The Labute approximate surface area is 602 Å². The van der Waals surface area contributed by atoms with Crippen molar-refractivity contribution in [1.29, 1.82) is 0 Å². The van der Waals surface area contributed by atoms with E-state index in [2.05, 4.69) is 459 Å². The monoisotopic (exact) mass is 1320 g/mol. The molecule has 0 bridgehead atoms. The van der Waals surface area contributed by atoms with Gasteiger partial charge in [0, 0.05) is 112 Å². The second-order valence-corrected chi connectivity index (χ2v) is 25.9. The summed E-state index contributed by atoms with van der Waals surface area (Å²) in [5.74, 6) is 0. The van der Waals surface area contributed by atoms with Crippen LogP contribution in [0.3, 0.4) is 0 Å². The maximum Gasteiger partial charge on any atom is 0.0540 e. The summed E-state index contributed by atoms with van der Waals surface area (Å²) in [5.41, 5.74) is 27.5. The van der Waals surface area contributed by atoms with Crippen LogP contribution in [-0.4, -0.2) is 21.1 Å². The lowest BCUT2D eigenvalue weighted by molar-refractivity contribution is 0.660. The fourth-order valence-corrected chi connectivity index (χ4v) is 13.7. The molecule has 0 saturated heterocycles. The Morgan fingerprint density at radius 3 is 0.873 bits per heavy atom. The number of nitrogens with zero attached hydrogens (tertiary/aromatic N) is 6. The van der Waals surface area contributed by atoms with Crippen LogP contribution >= 0.6 is 0 Å². The Hall–Kier alpha value is -12.9. The quantitative estimate of drug-likeness (QED) is 0.0899.